The van der Waals surface area contributed by atoms with Crippen LogP contribution in [0.25, 0.3) is 0 Å². The second kappa shape index (κ2) is 5.24. The Hall–Kier alpha value is -0.130. The van der Waals surface area contributed by atoms with Crippen molar-refractivity contribution in [1.82, 2.24) is 0 Å². The molecule has 2 rings (SSSR count). The Morgan fingerprint density at radius 3 is 1.94 bits per heavy atom. The summed E-state index contributed by atoms with van der Waals surface area (Å²) in [6.07, 6.45) is 4.87. The fourth-order valence-corrected chi connectivity index (χ4v) is 3.73. The summed E-state index contributed by atoms with van der Waals surface area (Å²) in [5, 5.41) is 0. The Morgan fingerprint density at radius 2 is 1.47 bits per heavy atom. The normalized spacial score (nSPS) is 35.0. The fraction of sp³-hybridized carbons (Fsp3) is 1.00. The molecule has 0 aromatic rings. The van der Waals surface area contributed by atoms with Crippen molar-refractivity contribution >= 4 is 10.4 Å². The van der Waals surface area contributed by atoms with Crippen molar-refractivity contribution in [3.05, 3.63) is 0 Å². The van der Waals surface area contributed by atoms with Gasteiger partial charge in [0.25, 0.3) is 0 Å². The fourth-order valence-electron chi connectivity index (χ4n) is 2.98. The minimum absolute atomic E-state index is 0.256. The molecule has 0 atom stereocenters. The largest absolute Gasteiger partial charge is 0.399 e. The first-order valence-corrected chi connectivity index (χ1v) is 7.85. The molecule has 0 bridgehead atoms. The van der Waals surface area contributed by atoms with Crippen molar-refractivity contribution in [1.29, 1.82) is 0 Å². The van der Waals surface area contributed by atoms with Crippen molar-refractivity contribution in [3.8, 4) is 0 Å². The van der Waals surface area contributed by atoms with Gasteiger partial charge in [0.05, 0.1) is 13.2 Å². The second-order valence-electron chi connectivity index (χ2n) is 5.66. The minimum atomic E-state index is -3.68. The molecule has 1 aliphatic heterocycles. The van der Waals surface area contributed by atoms with E-state index in [0.29, 0.717) is 19.1 Å². The van der Waals surface area contributed by atoms with Crippen molar-refractivity contribution in [3.63, 3.8) is 0 Å². The summed E-state index contributed by atoms with van der Waals surface area (Å²) >= 11 is 0. The highest BCUT2D eigenvalue weighted by Crippen LogP contribution is 2.38. The molecule has 0 unspecified atom stereocenters. The molecule has 0 N–H and O–H groups in total. The molecule has 0 aromatic heterocycles. The molecule has 1 saturated heterocycles. The monoisotopic (exact) mass is 262 g/mol. The molecule has 1 aliphatic carbocycles. The van der Waals surface area contributed by atoms with E-state index < -0.39 is 10.4 Å². The molecular formula is C12H22O4S. The average Bonchev–Trinajstić information content (AvgIpc) is 2.29. The van der Waals surface area contributed by atoms with Crippen LogP contribution in [0.3, 0.4) is 0 Å². The lowest BCUT2D eigenvalue weighted by molar-refractivity contribution is 0.0478. The first-order valence-electron chi connectivity index (χ1n) is 6.51. The van der Waals surface area contributed by atoms with Gasteiger partial charge in [-0.15, -0.1) is 0 Å². The zero-order valence-corrected chi connectivity index (χ0v) is 11.4. The third kappa shape index (κ3) is 3.42. The van der Waals surface area contributed by atoms with Crippen molar-refractivity contribution in [2.75, 3.05) is 13.2 Å². The summed E-state index contributed by atoms with van der Waals surface area (Å²) in [6, 6.07) is 0. The molecule has 4 nitrogen and oxygen atoms in total. The second-order valence-corrected chi connectivity index (χ2v) is 6.94. The summed E-state index contributed by atoms with van der Waals surface area (Å²) in [5.41, 5.74) is 0. The molecule has 5 heteroatoms. The highest BCUT2D eigenvalue weighted by molar-refractivity contribution is 7.81. The van der Waals surface area contributed by atoms with Crippen LogP contribution in [-0.4, -0.2) is 21.6 Å². The van der Waals surface area contributed by atoms with Crippen LogP contribution in [0.4, 0.5) is 0 Å². The van der Waals surface area contributed by atoms with Crippen molar-refractivity contribution in [2.24, 2.45) is 23.7 Å². The summed E-state index contributed by atoms with van der Waals surface area (Å²) in [7, 11) is -3.68. The SMILES string of the molecule is CC(C)C1CCC(C2COS(=O)(=O)OC2)CC1. The average molecular weight is 262 g/mol. The lowest BCUT2D eigenvalue weighted by Crippen LogP contribution is -2.35. The van der Waals surface area contributed by atoms with Gasteiger partial charge < -0.3 is 0 Å². The van der Waals surface area contributed by atoms with Gasteiger partial charge in [0.15, 0.2) is 0 Å². The van der Waals surface area contributed by atoms with Gasteiger partial charge in [-0.1, -0.05) is 13.8 Å². The summed E-state index contributed by atoms with van der Waals surface area (Å²) < 4.78 is 31.5. The van der Waals surface area contributed by atoms with Gasteiger partial charge in [-0.05, 0) is 43.4 Å². The maximum Gasteiger partial charge on any atom is 0.399 e. The Morgan fingerprint density at radius 1 is 0.941 bits per heavy atom. The molecule has 0 amide bonds. The van der Waals surface area contributed by atoms with E-state index in [0.717, 1.165) is 11.8 Å². The summed E-state index contributed by atoms with van der Waals surface area (Å²) in [4.78, 5) is 0. The van der Waals surface area contributed by atoms with Crippen LogP contribution in [0.15, 0.2) is 0 Å². The van der Waals surface area contributed by atoms with Gasteiger partial charge in [0, 0.05) is 5.92 Å². The Balaban J connectivity index is 1.82. The van der Waals surface area contributed by atoms with Crippen LogP contribution in [0.2, 0.25) is 0 Å². The molecule has 0 aromatic carbocycles. The predicted molar refractivity (Wildman–Crippen MR) is 64.6 cm³/mol. The van der Waals surface area contributed by atoms with Gasteiger partial charge in [0.1, 0.15) is 0 Å². The van der Waals surface area contributed by atoms with Crippen LogP contribution in [-0.2, 0) is 18.8 Å². The van der Waals surface area contributed by atoms with E-state index in [1.807, 2.05) is 0 Å². The quantitative estimate of drug-likeness (QED) is 0.766. The third-order valence-corrected chi connectivity index (χ3v) is 5.13. The number of hydrogen-bond donors (Lipinski definition) is 0. The molecule has 0 radical (unpaired) electrons. The first-order chi connectivity index (χ1) is 7.98. The van der Waals surface area contributed by atoms with Gasteiger partial charge in [0.2, 0.25) is 0 Å². The van der Waals surface area contributed by atoms with Gasteiger partial charge in [-0.25, -0.2) is 8.37 Å². The van der Waals surface area contributed by atoms with Crippen LogP contribution >= 0.6 is 0 Å². The molecule has 2 fully saturated rings. The Kier molecular flexibility index (Phi) is 4.10. The topological polar surface area (TPSA) is 52.6 Å². The van der Waals surface area contributed by atoms with Gasteiger partial charge >= 0.3 is 10.4 Å². The lowest BCUT2D eigenvalue weighted by atomic mass is 9.73. The van der Waals surface area contributed by atoms with E-state index in [4.69, 9.17) is 8.37 Å². The van der Waals surface area contributed by atoms with E-state index in [-0.39, 0.29) is 5.92 Å². The van der Waals surface area contributed by atoms with E-state index in [1.165, 1.54) is 25.7 Å². The zero-order valence-electron chi connectivity index (χ0n) is 10.6. The highest BCUT2D eigenvalue weighted by Gasteiger charge is 2.34. The number of hydrogen-bond acceptors (Lipinski definition) is 4. The van der Waals surface area contributed by atoms with E-state index >= 15 is 0 Å². The summed E-state index contributed by atoms with van der Waals surface area (Å²) in [5.74, 6) is 2.42. The van der Waals surface area contributed by atoms with Gasteiger partial charge in [-0.3, -0.25) is 0 Å². The van der Waals surface area contributed by atoms with Crippen LogP contribution in [0, 0.1) is 23.7 Å². The molecule has 1 saturated carbocycles. The lowest BCUT2D eigenvalue weighted by Gasteiger charge is -2.36. The Labute approximate surface area is 104 Å². The Bertz CT molecular complexity index is 328. The first kappa shape index (κ1) is 13.3. The maximum atomic E-state index is 11.0. The van der Waals surface area contributed by atoms with Crippen LogP contribution < -0.4 is 0 Å². The van der Waals surface area contributed by atoms with Gasteiger partial charge in [-0.2, -0.15) is 8.42 Å². The van der Waals surface area contributed by atoms with Crippen molar-refractivity contribution < 1.29 is 16.8 Å². The third-order valence-electron chi connectivity index (χ3n) is 4.28. The smallest absolute Gasteiger partial charge is 0.248 e. The summed E-state index contributed by atoms with van der Waals surface area (Å²) in [6.45, 7) is 5.17. The number of rotatable bonds is 2. The minimum Gasteiger partial charge on any atom is -0.248 e. The van der Waals surface area contributed by atoms with Crippen LogP contribution in [0.5, 0.6) is 0 Å². The molecule has 1 heterocycles. The zero-order chi connectivity index (χ0) is 12.5. The molecule has 17 heavy (non-hydrogen) atoms. The maximum absolute atomic E-state index is 11.0. The molecular weight excluding hydrogens is 240 g/mol. The molecule has 0 spiro atoms. The van der Waals surface area contributed by atoms with E-state index in [9.17, 15) is 8.42 Å². The predicted octanol–water partition coefficient (Wildman–Crippen LogP) is 2.36. The standard InChI is InChI=1S/C12H22O4S/c1-9(2)10-3-5-11(6-4-10)12-7-15-17(13,14)16-8-12/h9-12H,3-8H2,1-2H3. The van der Waals surface area contributed by atoms with E-state index in [1.54, 1.807) is 0 Å². The molecule has 100 valence electrons. The van der Waals surface area contributed by atoms with Crippen molar-refractivity contribution in [2.45, 2.75) is 39.5 Å². The highest BCUT2D eigenvalue weighted by atomic mass is 32.3. The molecule has 2 aliphatic rings. The van der Waals surface area contributed by atoms with E-state index in [2.05, 4.69) is 13.8 Å². The van der Waals surface area contributed by atoms with Crippen LogP contribution in [0.1, 0.15) is 39.5 Å².